The lowest BCUT2D eigenvalue weighted by molar-refractivity contribution is -0.384. The number of nitro groups is 1. The van der Waals surface area contributed by atoms with E-state index in [1.165, 1.54) is 24.3 Å². The van der Waals surface area contributed by atoms with Crippen molar-refractivity contribution in [3.63, 3.8) is 0 Å². The quantitative estimate of drug-likeness (QED) is 0.176. The van der Waals surface area contributed by atoms with Gasteiger partial charge in [-0.05, 0) is 58.2 Å². The van der Waals surface area contributed by atoms with Crippen LogP contribution in [0.2, 0.25) is 0 Å². The molecule has 0 aromatic heterocycles. The Morgan fingerprint density at radius 3 is 2.06 bits per heavy atom. The number of benzene rings is 2. The third-order valence-corrected chi connectivity index (χ3v) is 4.65. The Morgan fingerprint density at radius 1 is 0.971 bits per heavy atom. The molecule has 0 radical (unpaired) electrons. The molecule has 0 atom stereocenters. The number of anilines is 1. The van der Waals surface area contributed by atoms with E-state index in [1.807, 2.05) is 27.7 Å². The maximum Gasteiger partial charge on any atom is 0.273 e. The lowest BCUT2D eigenvalue weighted by Crippen LogP contribution is -2.16. The molecule has 2 aromatic carbocycles. The van der Waals surface area contributed by atoms with Gasteiger partial charge in [0, 0.05) is 29.6 Å². The summed E-state index contributed by atoms with van der Waals surface area (Å²) in [6.07, 6.45) is 1.57. The average molecular weight is 484 g/mol. The molecule has 0 saturated heterocycles. The summed E-state index contributed by atoms with van der Waals surface area (Å²) in [6.45, 7) is 11.3. The summed E-state index contributed by atoms with van der Waals surface area (Å²) in [4.78, 5) is 35.6. The maximum atomic E-state index is 13.2. The Morgan fingerprint density at radius 2 is 1.54 bits per heavy atom. The van der Waals surface area contributed by atoms with Crippen molar-refractivity contribution in [1.82, 2.24) is 0 Å². The minimum Gasteiger partial charge on any atom is -0.490 e. The van der Waals surface area contributed by atoms with E-state index in [2.05, 4.69) is 5.32 Å². The number of amides is 1. The second-order valence-corrected chi connectivity index (χ2v) is 9.10. The number of carbonyl (C=O) groups is 2. The standard InChI is InChI=1S/C26H33N3O6/c1-15(2)11-19(28-18-7-9-22(26(27)31)24(13-18)34-16(3)4)12-23(30)21-10-8-20(29(32)33)14-25(21)35-17(5)6/h7-10,12-17,28H,11H2,1-6H3,(H2,27,31)/b19-12-. The summed E-state index contributed by atoms with van der Waals surface area (Å²) in [6, 6.07) is 8.86. The van der Waals surface area contributed by atoms with Gasteiger partial charge in [-0.25, -0.2) is 0 Å². The summed E-state index contributed by atoms with van der Waals surface area (Å²) in [5.41, 5.74) is 7.03. The number of allylic oxidation sites excluding steroid dienone is 2. The van der Waals surface area contributed by atoms with Crippen LogP contribution in [-0.4, -0.2) is 28.8 Å². The van der Waals surface area contributed by atoms with Gasteiger partial charge in [-0.3, -0.25) is 19.7 Å². The number of nitrogens with zero attached hydrogens (tertiary/aromatic N) is 1. The summed E-state index contributed by atoms with van der Waals surface area (Å²) in [5, 5.41) is 14.4. The van der Waals surface area contributed by atoms with Gasteiger partial charge in [0.1, 0.15) is 11.5 Å². The molecule has 0 fully saturated rings. The molecule has 35 heavy (non-hydrogen) atoms. The van der Waals surface area contributed by atoms with Crippen LogP contribution in [0.1, 0.15) is 68.7 Å². The van der Waals surface area contributed by atoms with Gasteiger partial charge in [0.25, 0.3) is 11.6 Å². The van der Waals surface area contributed by atoms with E-state index in [9.17, 15) is 19.7 Å². The first-order valence-electron chi connectivity index (χ1n) is 11.4. The number of ether oxygens (including phenoxy) is 2. The third-order valence-electron chi connectivity index (χ3n) is 4.65. The van der Waals surface area contributed by atoms with Crippen LogP contribution < -0.4 is 20.5 Å². The number of nitro benzene ring substituents is 1. The molecule has 0 bridgehead atoms. The van der Waals surface area contributed by atoms with E-state index < -0.39 is 10.8 Å². The van der Waals surface area contributed by atoms with Gasteiger partial charge < -0.3 is 20.5 Å². The van der Waals surface area contributed by atoms with Gasteiger partial charge in [-0.1, -0.05) is 13.8 Å². The van der Waals surface area contributed by atoms with Gasteiger partial charge in [0.15, 0.2) is 5.78 Å². The fourth-order valence-electron chi connectivity index (χ4n) is 3.34. The Kier molecular flexibility index (Phi) is 9.39. The predicted octanol–water partition coefficient (Wildman–Crippen LogP) is 5.49. The van der Waals surface area contributed by atoms with Crippen LogP contribution in [0.5, 0.6) is 11.5 Å². The number of nitrogens with two attached hydrogens (primary N) is 1. The predicted molar refractivity (Wildman–Crippen MR) is 135 cm³/mol. The minimum atomic E-state index is -0.601. The zero-order valence-corrected chi connectivity index (χ0v) is 21.0. The van der Waals surface area contributed by atoms with E-state index >= 15 is 0 Å². The monoisotopic (exact) mass is 483 g/mol. The van der Waals surface area contributed by atoms with Crippen LogP contribution in [0.25, 0.3) is 0 Å². The van der Waals surface area contributed by atoms with Crippen molar-refractivity contribution < 1.29 is 24.0 Å². The molecular weight excluding hydrogens is 450 g/mol. The molecule has 0 aliphatic carbocycles. The van der Waals surface area contributed by atoms with Crippen molar-refractivity contribution in [2.75, 3.05) is 5.32 Å². The first kappa shape index (κ1) is 27.4. The van der Waals surface area contributed by atoms with E-state index in [0.29, 0.717) is 23.6 Å². The summed E-state index contributed by atoms with van der Waals surface area (Å²) >= 11 is 0. The zero-order valence-electron chi connectivity index (χ0n) is 21.0. The fourth-order valence-corrected chi connectivity index (χ4v) is 3.34. The van der Waals surface area contributed by atoms with Crippen LogP contribution in [0.3, 0.4) is 0 Å². The van der Waals surface area contributed by atoms with E-state index in [1.54, 1.807) is 32.0 Å². The molecule has 3 N–H and O–H groups in total. The van der Waals surface area contributed by atoms with Gasteiger partial charge in [-0.15, -0.1) is 0 Å². The molecule has 1 amide bonds. The van der Waals surface area contributed by atoms with Crippen LogP contribution >= 0.6 is 0 Å². The fraction of sp³-hybridized carbons (Fsp3) is 0.385. The van der Waals surface area contributed by atoms with Gasteiger partial charge >= 0.3 is 0 Å². The highest BCUT2D eigenvalue weighted by Gasteiger charge is 2.19. The van der Waals surface area contributed by atoms with Crippen LogP contribution in [0.4, 0.5) is 11.4 Å². The number of nitrogens with one attached hydrogen (secondary N) is 1. The number of primary amides is 1. The van der Waals surface area contributed by atoms with Crippen molar-refractivity contribution in [2.45, 2.75) is 60.2 Å². The Hall–Kier alpha value is -3.88. The second kappa shape index (κ2) is 12.0. The highest BCUT2D eigenvalue weighted by atomic mass is 16.6. The normalized spacial score (nSPS) is 11.6. The molecule has 0 aliphatic heterocycles. The van der Waals surface area contributed by atoms with Crippen LogP contribution in [0.15, 0.2) is 48.2 Å². The molecule has 0 saturated carbocycles. The van der Waals surface area contributed by atoms with Crippen molar-refractivity contribution >= 4 is 23.1 Å². The molecule has 2 rings (SSSR count). The molecule has 0 unspecified atom stereocenters. The SMILES string of the molecule is CC(C)C/C(=C/C(=O)c1ccc([N+](=O)[O-])cc1OC(C)C)Nc1ccc(C(N)=O)c(OC(C)C)c1. The number of hydrogen-bond donors (Lipinski definition) is 2. The highest BCUT2D eigenvalue weighted by molar-refractivity contribution is 6.07. The molecule has 2 aromatic rings. The van der Waals surface area contributed by atoms with Gasteiger partial charge in [-0.2, -0.15) is 0 Å². The number of ketones is 1. The minimum absolute atomic E-state index is 0.151. The number of rotatable bonds is 12. The largest absolute Gasteiger partial charge is 0.490 e. The van der Waals surface area contributed by atoms with Gasteiger partial charge in [0.2, 0.25) is 0 Å². The molecule has 188 valence electrons. The first-order valence-corrected chi connectivity index (χ1v) is 11.4. The number of carbonyl (C=O) groups excluding carboxylic acids is 2. The van der Waals surface area contributed by atoms with Crippen molar-refractivity contribution in [2.24, 2.45) is 11.7 Å². The lowest BCUT2D eigenvalue weighted by atomic mass is 10.0. The summed E-state index contributed by atoms with van der Waals surface area (Å²) < 4.78 is 11.4. The van der Waals surface area contributed by atoms with Crippen molar-refractivity contribution in [1.29, 1.82) is 0 Å². The molecule has 0 heterocycles. The molecule has 9 nitrogen and oxygen atoms in total. The van der Waals surface area contributed by atoms with Crippen molar-refractivity contribution in [3.8, 4) is 11.5 Å². The van der Waals surface area contributed by atoms with Crippen LogP contribution in [-0.2, 0) is 0 Å². The van der Waals surface area contributed by atoms with E-state index in [4.69, 9.17) is 15.2 Å². The summed E-state index contributed by atoms with van der Waals surface area (Å²) in [5.74, 6) is -0.239. The Balaban J connectivity index is 2.45. The molecule has 0 spiro atoms. The number of hydrogen-bond acceptors (Lipinski definition) is 7. The first-order chi connectivity index (χ1) is 16.4. The van der Waals surface area contributed by atoms with Crippen LogP contribution in [0, 0.1) is 16.0 Å². The average Bonchev–Trinajstić information content (AvgIpc) is 2.72. The Labute approximate surface area is 205 Å². The number of non-ortho nitro benzene ring substituents is 1. The zero-order chi connectivity index (χ0) is 26.3. The second-order valence-electron chi connectivity index (χ2n) is 9.10. The third kappa shape index (κ3) is 8.13. The smallest absolute Gasteiger partial charge is 0.273 e. The summed E-state index contributed by atoms with van der Waals surface area (Å²) in [7, 11) is 0. The topological polar surface area (TPSA) is 134 Å². The highest BCUT2D eigenvalue weighted by Crippen LogP contribution is 2.29. The lowest BCUT2D eigenvalue weighted by Gasteiger charge is -2.17. The Bertz CT molecular complexity index is 1120. The maximum absolute atomic E-state index is 13.2. The van der Waals surface area contributed by atoms with Crippen molar-refractivity contribution in [3.05, 3.63) is 69.4 Å². The van der Waals surface area contributed by atoms with Gasteiger partial charge in [0.05, 0.1) is 34.3 Å². The van der Waals surface area contributed by atoms with E-state index in [0.717, 1.165) is 0 Å². The molecular formula is C26H33N3O6. The molecule has 0 aliphatic rings. The van der Waals surface area contributed by atoms with E-state index in [-0.39, 0.29) is 46.5 Å². The molecule has 9 heteroatoms.